The number of ether oxygens (including phenoxy) is 1. The lowest BCUT2D eigenvalue weighted by Crippen LogP contribution is -2.11. The maximum absolute atomic E-state index is 11.7. The van der Waals surface area contributed by atoms with E-state index in [9.17, 15) is 4.79 Å². The molecule has 0 heterocycles. The van der Waals surface area contributed by atoms with E-state index in [4.69, 9.17) is 10.00 Å². The summed E-state index contributed by atoms with van der Waals surface area (Å²) >= 11 is 0. The first-order chi connectivity index (χ1) is 9.43. The Morgan fingerprint density at radius 2 is 1.95 bits per heavy atom. The highest BCUT2D eigenvalue weighted by Gasteiger charge is 2.11. The van der Waals surface area contributed by atoms with Gasteiger partial charge in [-0.05, 0) is 29.7 Å². The van der Waals surface area contributed by atoms with Crippen LogP contribution >= 0.6 is 0 Å². The van der Waals surface area contributed by atoms with Gasteiger partial charge in [0.05, 0.1) is 6.61 Å². The molecule has 0 bridgehead atoms. The molecule has 0 amide bonds. The number of benzene rings is 1. The molecule has 0 aliphatic carbocycles. The van der Waals surface area contributed by atoms with E-state index in [1.807, 2.05) is 63.2 Å². The summed E-state index contributed by atoms with van der Waals surface area (Å²) in [5, 5.41) is 9.04. The zero-order valence-electron chi connectivity index (χ0n) is 12.4. The molecule has 0 aliphatic rings. The van der Waals surface area contributed by atoms with Gasteiger partial charge in [0.25, 0.3) is 0 Å². The Labute approximate surface area is 120 Å². The molecule has 106 valence electrons. The summed E-state index contributed by atoms with van der Waals surface area (Å²) in [7, 11) is 3.91. The summed E-state index contributed by atoms with van der Waals surface area (Å²) in [6, 6.07) is 9.48. The second-order valence-electron chi connectivity index (χ2n) is 5.15. The standard InChI is InChI=1S/C16H20N2O2/c1-12(2)11-20-16(19)14(10-17)9-13-5-7-15(8-6-13)18(3)4/h5-9,12H,11H2,1-4H3. The van der Waals surface area contributed by atoms with E-state index < -0.39 is 5.97 Å². The zero-order chi connectivity index (χ0) is 15.1. The molecular weight excluding hydrogens is 252 g/mol. The van der Waals surface area contributed by atoms with Gasteiger partial charge >= 0.3 is 5.97 Å². The number of nitriles is 1. The Balaban J connectivity index is 2.83. The average molecular weight is 272 g/mol. The van der Waals surface area contributed by atoms with Crippen molar-refractivity contribution in [1.29, 1.82) is 5.26 Å². The van der Waals surface area contributed by atoms with Gasteiger partial charge in [0.1, 0.15) is 11.6 Å². The Morgan fingerprint density at radius 3 is 2.40 bits per heavy atom. The van der Waals surface area contributed by atoms with Gasteiger partial charge < -0.3 is 9.64 Å². The van der Waals surface area contributed by atoms with E-state index in [1.165, 1.54) is 0 Å². The van der Waals surface area contributed by atoms with Crippen molar-refractivity contribution in [2.24, 2.45) is 5.92 Å². The van der Waals surface area contributed by atoms with Crippen molar-refractivity contribution < 1.29 is 9.53 Å². The van der Waals surface area contributed by atoms with Crippen molar-refractivity contribution in [2.45, 2.75) is 13.8 Å². The third-order valence-corrected chi connectivity index (χ3v) is 2.61. The summed E-state index contributed by atoms with van der Waals surface area (Å²) in [6.45, 7) is 4.21. The van der Waals surface area contributed by atoms with Crippen LogP contribution in [0, 0.1) is 17.2 Å². The minimum atomic E-state index is -0.571. The van der Waals surface area contributed by atoms with Crippen LogP contribution in [0.5, 0.6) is 0 Å². The molecule has 20 heavy (non-hydrogen) atoms. The van der Waals surface area contributed by atoms with E-state index in [-0.39, 0.29) is 11.5 Å². The SMILES string of the molecule is CC(C)COC(=O)C(C#N)=Cc1ccc(N(C)C)cc1. The Bertz CT molecular complexity index is 522. The number of hydrogen-bond acceptors (Lipinski definition) is 4. The first-order valence-electron chi connectivity index (χ1n) is 6.50. The van der Waals surface area contributed by atoms with Crippen molar-refractivity contribution in [1.82, 2.24) is 0 Å². The monoisotopic (exact) mass is 272 g/mol. The summed E-state index contributed by atoms with van der Waals surface area (Å²) in [5.41, 5.74) is 1.87. The maximum atomic E-state index is 11.7. The van der Waals surface area contributed by atoms with Gasteiger partial charge in [0.15, 0.2) is 0 Å². The quantitative estimate of drug-likeness (QED) is 0.470. The van der Waals surface area contributed by atoms with Crippen LogP contribution in [-0.4, -0.2) is 26.7 Å². The average Bonchev–Trinajstić information content (AvgIpc) is 2.42. The first kappa shape index (κ1) is 15.8. The van der Waals surface area contributed by atoms with Gasteiger partial charge in [-0.3, -0.25) is 0 Å². The molecule has 1 aromatic rings. The third-order valence-electron chi connectivity index (χ3n) is 2.61. The fourth-order valence-electron chi connectivity index (χ4n) is 1.49. The normalized spacial score (nSPS) is 11.1. The predicted molar refractivity (Wildman–Crippen MR) is 80.2 cm³/mol. The highest BCUT2D eigenvalue weighted by atomic mass is 16.5. The highest BCUT2D eigenvalue weighted by Crippen LogP contribution is 2.15. The van der Waals surface area contributed by atoms with E-state index >= 15 is 0 Å². The zero-order valence-corrected chi connectivity index (χ0v) is 12.4. The van der Waals surface area contributed by atoms with Crippen molar-refractivity contribution >= 4 is 17.7 Å². The van der Waals surface area contributed by atoms with Gasteiger partial charge in [-0.2, -0.15) is 5.26 Å². The van der Waals surface area contributed by atoms with E-state index in [2.05, 4.69) is 0 Å². The predicted octanol–water partition coefficient (Wildman–Crippen LogP) is 2.86. The van der Waals surface area contributed by atoms with Gasteiger partial charge in [0, 0.05) is 19.8 Å². The number of rotatable bonds is 5. The fourth-order valence-corrected chi connectivity index (χ4v) is 1.49. The topological polar surface area (TPSA) is 53.3 Å². The molecule has 0 unspecified atom stereocenters. The van der Waals surface area contributed by atoms with Crippen LogP contribution in [0.2, 0.25) is 0 Å². The van der Waals surface area contributed by atoms with Crippen LogP contribution < -0.4 is 4.90 Å². The van der Waals surface area contributed by atoms with Crippen LogP contribution in [0.15, 0.2) is 29.8 Å². The summed E-state index contributed by atoms with van der Waals surface area (Å²) < 4.78 is 5.05. The Hall–Kier alpha value is -2.28. The molecule has 0 aliphatic heterocycles. The minimum absolute atomic E-state index is 0.0169. The van der Waals surface area contributed by atoms with Crippen LogP contribution in [0.25, 0.3) is 6.08 Å². The number of carbonyl (C=O) groups is 1. The number of hydrogen-bond donors (Lipinski definition) is 0. The number of esters is 1. The van der Waals surface area contributed by atoms with Crippen molar-refractivity contribution in [3.63, 3.8) is 0 Å². The molecule has 0 saturated heterocycles. The maximum Gasteiger partial charge on any atom is 0.348 e. The first-order valence-corrected chi connectivity index (χ1v) is 6.50. The summed E-state index contributed by atoms with van der Waals surface area (Å²) in [4.78, 5) is 13.7. The molecule has 1 rings (SSSR count). The van der Waals surface area contributed by atoms with E-state index in [0.717, 1.165) is 11.3 Å². The van der Waals surface area contributed by atoms with Gasteiger partial charge in [-0.1, -0.05) is 26.0 Å². The van der Waals surface area contributed by atoms with Crippen molar-refractivity contribution in [3.05, 3.63) is 35.4 Å². The molecule has 0 spiro atoms. The second-order valence-corrected chi connectivity index (χ2v) is 5.15. The third kappa shape index (κ3) is 4.77. The lowest BCUT2D eigenvalue weighted by Gasteiger charge is -2.12. The Morgan fingerprint density at radius 1 is 1.35 bits per heavy atom. The number of carbonyl (C=O) groups excluding carboxylic acids is 1. The second kappa shape index (κ2) is 7.34. The summed E-state index contributed by atoms with van der Waals surface area (Å²) in [6.07, 6.45) is 1.54. The minimum Gasteiger partial charge on any atom is -0.461 e. The van der Waals surface area contributed by atoms with Crippen LogP contribution in [-0.2, 0) is 9.53 Å². The lowest BCUT2D eigenvalue weighted by molar-refractivity contribution is -0.139. The van der Waals surface area contributed by atoms with Gasteiger partial charge in [0.2, 0.25) is 0 Å². The smallest absolute Gasteiger partial charge is 0.348 e. The Kier molecular flexibility index (Phi) is 5.79. The number of nitrogens with zero attached hydrogens (tertiary/aromatic N) is 2. The number of anilines is 1. The van der Waals surface area contributed by atoms with E-state index in [0.29, 0.717) is 6.61 Å². The van der Waals surface area contributed by atoms with E-state index in [1.54, 1.807) is 6.08 Å². The molecule has 1 aromatic carbocycles. The van der Waals surface area contributed by atoms with Crippen LogP contribution in [0.3, 0.4) is 0 Å². The highest BCUT2D eigenvalue weighted by molar-refractivity contribution is 5.97. The van der Waals surface area contributed by atoms with Crippen molar-refractivity contribution in [3.8, 4) is 6.07 Å². The fraction of sp³-hybridized carbons (Fsp3) is 0.375. The molecule has 0 saturated carbocycles. The molecule has 0 fully saturated rings. The molecule has 0 radical (unpaired) electrons. The molecule has 4 nitrogen and oxygen atoms in total. The van der Waals surface area contributed by atoms with Crippen LogP contribution in [0.4, 0.5) is 5.69 Å². The lowest BCUT2D eigenvalue weighted by atomic mass is 10.1. The van der Waals surface area contributed by atoms with Crippen molar-refractivity contribution in [2.75, 3.05) is 25.6 Å². The summed E-state index contributed by atoms with van der Waals surface area (Å²) in [5.74, 6) is -0.323. The molecule has 0 atom stereocenters. The largest absolute Gasteiger partial charge is 0.461 e. The molecule has 0 N–H and O–H groups in total. The molecular formula is C16H20N2O2. The molecule has 0 aromatic heterocycles. The van der Waals surface area contributed by atoms with Gasteiger partial charge in [-0.25, -0.2) is 4.79 Å². The molecule has 4 heteroatoms. The van der Waals surface area contributed by atoms with Crippen LogP contribution in [0.1, 0.15) is 19.4 Å². The van der Waals surface area contributed by atoms with Gasteiger partial charge in [-0.15, -0.1) is 0 Å².